The van der Waals surface area contributed by atoms with Crippen molar-refractivity contribution in [1.29, 1.82) is 0 Å². The van der Waals surface area contributed by atoms with Gasteiger partial charge in [-0.3, -0.25) is 4.79 Å². The summed E-state index contributed by atoms with van der Waals surface area (Å²) in [5, 5.41) is 12.6. The number of para-hydroxylation sites is 1. The molecule has 0 unspecified atom stereocenters. The highest BCUT2D eigenvalue weighted by Crippen LogP contribution is 2.15. The number of nitrogens with one attached hydrogen (secondary N) is 3. The molecule has 8 heteroatoms. The topological polar surface area (TPSA) is 101 Å². The zero-order valence-electron chi connectivity index (χ0n) is 16.6. The lowest BCUT2D eigenvalue weighted by atomic mass is 10.2. The molecule has 0 fully saturated rings. The molecule has 0 saturated carbocycles. The molecule has 31 heavy (non-hydrogen) atoms. The quantitative estimate of drug-likeness (QED) is 0.425. The van der Waals surface area contributed by atoms with Gasteiger partial charge in [0.15, 0.2) is 0 Å². The molecule has 0 bridgehead atoms. The normalized spacial score (nSPS) is 10.5. The predicted molar refractivity (Wildman–Crippen MR) is 117 cm³/mol. The van der Waals surface area contributed by atoms with Gasteiger partial charge in [-0.1, -0.05) is 18.2 Å². The first-order valence-electron chi connectivity index (χ1n) is 9.72. The van der Waals surface area contributed by atoms with Crippen LogP contribution in [0, 0.1) is 0 Å². The lowest BCUT2D eigenvalue weighted by molar-refractivity contribution is -0.115. The van der Waals surface area contributed by atoms with Crippen LogP contribution in [0.15, 0.2) is 89.8 Å². The molecule has 156 valence electrons. The first-order valence-corrected chi connectivity index (χ1v) is 9.72. The smallest absolute Gasteiger partial charge is 0.319 e. The maximum atomic E-state index is 12.4. The van der Waals surface area contributed by atoms with Crippen molar-refractivity contribution < 1.29 is 14.0 Å². The Kier molecular flexibility index (Phi) is 6.08. The van der Waals surface area contributed by atoms with Gasteiger partial charge in [-0.25, -0.2) is 9.48 Å². The highest BCUT2D eigenvalue weighted by molar-refractivity contribution is 5.93. The van der Waals surface area contributed by atoms with E-state index >= 15 is 0 Å². The van der Waals surface area contributed by atoms with Crippen LogP contribution in [0.2, 0.25) is 0 Å². The van der Waals surface area contributed by atoms with Gasteiger partial charge in [-0.15, -0.1) is 0 Å². The summed E-state index contributed by atoms with van der Waals surface area (Å²) < 4.78 is 6.90. The molecule has 8 nitrogen and oxygen atoms in total. The Morgan fingerprint density at radius 3 is 2.35 bits per heavy atom. The van der Waals surface area contributed by atoms with E-state index in [2.05, 4.69) is 21.0 Å². The minimum absolute atomic E-state index is 0.149. The first-order chi connectivity index (χ1) is 15.2. The maximum absolute atomic E-state index is 12.4. The molecule has 0 spiro atoms. The van der Waals surface area contributed by atoms with Crippen molar-refractivity contribution in [2.75, 3.05) is 10.6 Å². The van der Waals surface area contributed by atoms with Gasteiger partial charge in [0, 0.05) is 17.6 Å². The van der Waals surface area contributed by atoms with Crippen LogP contribution in [-0.4, -0.2) is 21.7 Å². The van der Waals surface area contributed by atoms with Crippen LogP contribution in [0.25, 0.3) is 5.69 Å². The average molecular weight is 415 g/mol. The molecule has 3 amide bonds. The molecular weight excluding hydrogens is 394 g/mol. The predicted octanol–water partition coefficient (Wildman–Crippen LogP) is 3.97. The standard InChI is InChI=1S/C23H21N5O3/c29-22(13-17-14-25-28(16-17)20-5-2-1-3-6-20)26-18-8-10-19(11-9-18)27-23(30)24-15-21-7-4-12-31-21/h1-12,14,16H,13,15H2,(H,26,29)(H2,24,27,30). The third-order valence-electron chi connectivity index (χ3n) is 4.45. The van der Waals surface area contributed by atoms with Gasteiger partial charge in [-0.05, 0) is 54.1 Å². The molecular formula is C23H21N5O3. The summed E-state index contributed by atoms with van der Waals surface area (Å²) >= 11 is 0. The van der Waals surface area contributed by atoms with Gasteiger partial charge >= 0.3 is 6.03 Å². The van der Waals surface area contributed by atoms with Crippen molar-refractivity contribution in [2.45, 2.75) is 13.0 Å². The van der Waals surface area contributed by atoms with E-state index in [1.54, 1.807) is 53.5 Å². The largest absolute Gasteiger partial charge is 0.467 e. The van der Waals surface area contributed by atoms with Crippen LogP contribution in [0.4, 0.5) is 16.2 Å². The van der Waals surface area contributed by atoms with Crippen molar-refractivity contribution in [3.05, 3.63) is 96.7 Å². The fraction of sp³-hybridized carbons (Fsp3) is 0.0870. The fourth-order valence-electron chi connectivity index (χ4n) is 2.96. The van der Waals surface area contributed by atoms with Crippen molar-refractivity contribution in [2.24, 2.45) is 0 Å². The zero-order chi connectivity index (χ0) is 21.5. The number of furan rings is 1. The third-order valence-corrected chi connectivity index (χ3v) is 4.45. The summed E-state index contributed by atoms with van der Waals surface area (Å²) in [5.41, 5.74) is 3.00. The molecule has 0 aliphatic heterocycles. The van der Waals surface area contributed by atoms with E-state index in [0.29, 0.717) is 23.7 Å². The van der Waals surface area contributed by atoms with Gasteiger partial charge in [0.25, 0.3) is 0 Å². The fourth-order valence-corrected chi connectivity index (χ4v) is 2.96. The van der Waals surface area contributed by atoms with Gasteiger partial charge in [0.1, 0.15) is 5.76 Å². The van der Waals surface area contributed by atoms with E-state index < -0.39 is 0 Å². The van der Waals surface area contributed by atoms with E-state index in [-0.39, 0.29) is 18.4 Å². The molecule has 2 aromatic carbocycles. The number of rotatable bonds is 7. The molecule has 0 saturated heterocycles. The average Bonchev–Trinajstić information content (AvgIpc) is 3.46. The summed E-state index contributed by atoms with van der Waals surface area (Å²) in [5.74, 6) is 0.520. The Bertz CT molecular complexity index is 1140. The second-order valence-electron chi connectivity index (χ2n) is 6.82. The third kappa shape index (κ3) is 5.60. The summed E-state index contributed by atoms with van der Waals surface area (Å²) in [6, 6.07) is 19.8. The van der Waals surface area contributed by atoms with Crippen molar-refractivity contribution >= 4 is 23.3 Å². The number of amides is 3. The molecule has 2 aromatic heterocycles. The van der Waals surface area contributed by atoms with Crippen LogP contribution in [0.3, 0.4) is 0 Å². The molecule has 3 N–H and O–H groups in total. The number of aromatic nitrogens is 2. The summed E-state index contributed by atoms with van der Waals surface area (Å²) in [7, 11) is 0. The minimum atomic E-state index is -0.344. The first kappa shape index (κ1) is 20.0. The number of hydrogen-bond acceptors (Lipinski definition) is 4. The molecule has 0 radical (unpaired) electrons. The Balaban J connectivity index is 1.26. The Hall–Kier alpha value is -4.33. The number of nitrogens with zero attached hydrogens (tertiary/aromatic N) is 2. The lowest BCUT2D eigenvalue weighted by Gasteiger charge is -2.08. The van der Waals surface area contributed by atoms with Crippen LogP contribution >= 0.6 is 0 Å². The van der Waals surface area contributed by atoms with E-state index in [1.807, 2.05) is 36.5 Å². The van der Waals surface area contributed by atoms with Crippen LogP contribution < -0.4 is 16.0 Å². The Morgan fingerprint density at radius 1 is 0.903 bits per heavy atom. The van der Waals surface area contributed by atoms with Gasteiger partial charge in [-0.2, -0.15) is 5.10 Å². The van der Waals surface area contributed by atoms with E-state index in [4.69, 9.17) is 4.42 Å². The Labute approximate surface area is 178 Å². The summed E-state index contributed by atoms with van der Waals surface area (Å²) in [6.07, 6.45) is 5.28. The highest BCUT2D eigenvalue weighted by Gasteiger charge is 2.08. The number of carbonyl (C=O) groups is 2. The SMILES string of the molecule is O=C(Cc1cnn(-c2ccccc2)c1)Nc1ccc(NC(=O)NCc2ccco2)cc1. The number of urea groups is 1. The van der Waals surface area contributed by atoms with E-state index in [1.165, 1.54) is 0 Å². The van der Waals surface area contributed by atoms with Gasteiger partial charge in [0.05, 0.1) is 31.1 Å². The number of anilines is 2. The van der Waals surface area contributed by atoms with Crippen molar-refractivity contribution in [1.82, 2.24) is 15.1 Å². The summed E-state index contributed by atoms with van der Waals surface area (Å²) in [4.78, 5) is 24.3. The van der Waals surface area contributed by atoms with Crippen molar-refractivity contribution in [3.63, 3.8) is 0 Å². The zero-order valence-corrected chi connectivity index (χ0v) is 16.6. The molecule has 0 atom stereocenters. The van der Waals surface area contributed by atoms with Crippen LogP contribution in [0.5, 0.6) is 0 Å². The molecule has 4 rings (SSSR count). The highest BCUT2D eigenvalue weighted by atomic mass is 16.3. The number of hydrogen-bond donors (Lipinski definition) is 3. The second kappa shape index (κ2) is 9.45. The lowest BCUT2D eigenvalue weighted by Crippen LogP contribution is -2.27. The van der Waals surface area contributed by atoms with Crippen LogP contribution in [0.1, 0.15) is 11.3 Å². The van der Waals surface area contributed by atoms with E-state index in [9.17, 15) is 9.59 Å². The van der Waals surface area contributed by atoms with Crippen molar-refractivity contribution in [3.8, 4) is 5.69 Å². The maximum Gasteiger partial charge on any atom is 0.319 e. The minimum Gasteiger partial charge on any atom is -0.467 e. The van der Waals surface area contributed by atoms with Gasteiger partial charge < -0.3 is 20.4 Å². The van der Waals surface area contributed by atoms with Gasteiger partial charge in [0.2, 0.25) is 5.91 Å². The number of benzene rings is 2. The van der Waals surface area contributed by atoms with E-state index in [0.717, 1.165) is 11.3 Å². The molecule has 2 heterocycles. The molecule has 0 aliphatic rings. The summed E-state index contributed by atoms with van der Waals surface area (Å²) in [6.45, 7) is 0.299. The molecule has 0 aliphatic carbocycles. The number of carbonyl (C=O) groups excluding carboxylic acids is 2. The monoisotopic (exact) mass is 415 g/mol. The molecule has 4 aromatic rings. The second-order valence-corrected chi connectivity index (χ2v) is 6.82. The van der Waals surface area contributed by atoms with Crippen LogP contribution in [-0.2, 0) is 17.8 Å². The Morgan fingerprint density at radius 2 is 1.65 bits per heavy atom.